The number of thiophene rings is 1. The second-order valence-corrected chi connectivity index (χ2v) is 4.61. The summed E-state index contributed by atoms with van der Waals surface area (Å²) in [7, 11) is 0. The van der Waals surface area contributed by atoms with E-state index in [-0.39, 0.29) is 18.4 Å². The molecule has 1 aliphatic rings. The number of carbonyl (C=O) groups is 2. The highest BCUT2D eigenvalue weighted by molar-refractivity contribution is 7.08. The van der Waals surface area contributed by atoms with E-state index in [9.17, 15) is 9.59 Å². The van der Waals surface area contributed by atoms with Crippen LogP contribution in [0.5, 0.6) is 0 Å². The Bertz CT molecular complexity index is 401. The minimum Gasteiger partial charge on any atom is -0.481 e. The predicted molar refractivity (Wildman–Crippen MR) is 60.2 cm³/mol. The first-order chi connectivity index (χ1) is 7.65. The molecule has 2 heterocycles. The Morgan fingerprint density at radius 1 is 1.69 bits per heavy atom. The molecule has 1 aromatic rings. The number of amides is 1. The van der Waals surface area contributed by atoms with Crippen molar-refractivity contribution in [2.24, 2.45) is 5.92 Å². The summed E-state index contributed by atoms with van der Waals surface area (Å²) in [6, 6.07) is 1.60. The second-order valence-electron chi connectivity index (χ2n) is 3.83. The van der Waals surface area contributed by atoms with E-state index in [0.29, 0.717) is 6.54 Å². The summed E-state index contributed by atoms with van der Waals surface area (Å²) in [5.41, 5.74) is 0.935. The summed E-state index contributed by atoms with van der Waals surface area (Å²) in [6.07, 6.45) is 0.115. The van der Waals surface area contributed by atoms with Gasteiger partial charge < -0.3 is 10.0 Å². The summed E-state index contributed by atoms with van der Waals surface area (Å²) in [6.45, 7) is 2.44. The lowest BCUT2D eigenvalue weighted by Gasteiger charge is -2.24. The number of nitrogens with zero attached hydrogens (tertiary/aromatic N) is 1. The molecule has 0 aromatic carbocycles. The average Bonchev–Trinajstić information content (AvgIpc) is 2.83. The van der Waals surface area contributed by atoms with Crippen molar-refractivity contribution in [1.82, 2.24) is 4.90 Å². The Hall–Kier alpha value is -1.36. The maximum Gasteiger partial charge on any atom is 0.309 e. The van der Waals surface area contributed by atoms with Crippen LogP contribution >= 0.6 is 11.3 Å². The fraction of sp³-hybridized carbons (Fsp3) is 0.455. The van der Waals surface area contributed by atoms with Gasteiger partial charge in [-0.15, -0.1) is 0 Å². The molecule has 16 heavy (non-hydrogen) atoms. The van der Waals surface area contributed by atoms with Gasteiger partial charge in [0.15, 0.2) is 0 Å². The number of hydrogen-bond donors (Lipinski definition) is 1. The van der Waals surface area contributed by atoms with Crippen LogP contribution in [0.25, 0.3) is 0 Å². The van der Waals surface area contributed by atoms with E-state index in [1.807, 2.05) is 23.8 Å². The Morgan fingerprint density at radius 2 is 2.44 bits per heavy atom. The zero-order chi connectivity index (χ0) is 11.7. The van der Waals surface area contributed by atoms with Crippen molar-refractivity contribution in [3.8, 4) is 0 Å². The maximum atomic E-state index is 11.7. The van der Waals surface area contributed by atoms with E-state index in [1.54, 1.807) is 4.90 Å². The Kier molecular flexibility index (Phi) is 2.96. The molecule has 4 nitrogen and oxygen atoms in total. The normalized spacial score (nSPS) is 25.1. The zero-order valence-corrected chi connectivity index (χ0v) is 9.74. The standard InChI is InChI=1S/C11H13NO3S/c1-2-12-9(13)5-8(11(14)15)10(12)7-3-4-16-6-7/h3-4,6,8,10H,2,5H2,1H3,(H,14,15). The Morgan fingerprint density at radius 3 is 2.94 bits per heavy atom. The molecule has 2 rings (SSSR count). The van der Waals surface area contributed by atoms with Gasteiger partial charge in [-0.25, -0.2) is 0 Å². The number of likely N-dealkylation sites (tertiary alicyclic amines) is 1. The van der Waals surface area contributed by atoms with Gasteiger partial charge in [-0.1, -0.05) is 0 Å². The Labute approximate surface area is 97.5 Å². The number of carbonyl (C=O) groups excluding carboxylic acids is 1. The number of hydrogen-bond acceptors (Lipinski definition) is 3. The largest absolute Gasteiger partial charge is 0.481 e. The van der Waals surface area contributed by atoms with Gasteiger partial charge in [0.05, 0.1) is 12.0 Å². The van der Waals surface area contributed by atoms with E-state index in [0.717, 1.165) is 5.56 Å². The van der Waals surface area contributed by atoms with Gasteiger partial charge in [0, 0.05) is 13.0 Å². The monoisotopic (exact) mass is 239 g/mol. The molecular formula is C11H13NO3S. The van der Waals surface area contributed by atoms with E-state index >= 15 is 0 Å². The molecule has 86 valence electrons. The summed E-state index contributed by atoms with van der Waals surface area (Å²) in [5, 5.41) is 13.0. The van der Waals surface area contributed by atoms with Crippen molar-refractivity contribution in [1.29, 1.82) is 0 Å². The second kappa shape index (κ2) is 4.25. The van der Waals surface area contributed by atoms with E-state index in [2.05, 4.69) is 0 Å². The quantitative estimate of drug-likeness (QED) is 0.874. The third kappa shape index (κ3) is 1.71. The molecule has 2 atom stereocenters. The summed E-state index contributed by atoms with van der Waals surface area (Å²) >= 11 is 1.52. The maximum absolute atomic E-state index is 11.7. The highest BCUT2D eigenvalue weighted by Crippen LogP contribution is 2.38. The third-order valence-corrected chi connectivity index (χ3v) is 3.68. The molecular weight excluding hydrogens is 226 g/mol. The molecule has 0 radical (unpaired) electrons. The van der Waals surface area contributed by atoms with Crippen molar-refractivity contribution in [2.75, 3.05) is 6.54 Å². The van der Waals surface area contributed by atoms with Crippen molar-refractivity contribution in [3.05, 3.63) is 22.4 Å². The zero-order valence-electron chi connectivity index (χ0n) is 8.92. The number of rotatable bonds is 3. The van der Waals surface area contributed by atoms with Crippen LogP contribution < -0.4 is 0 Å². The van der Waals surface area contributed by atoms with Gasteiger partial charge in [0.1, 0.15) is 0 Å². The molecule has 1 amide bonds. The van der Waals surface area contributed by atoms with Crippen molar-refractivity contribution >= 4 is 23.2 Å². The minimum atomic E-state index is -0.888. The minimum absolute atomic E-state index is 0.0638. The highest BCUT2D eigenvalue weighted by Gasteiger charge is 2.43. The van der Waals surface area contributed by atoms with Gasteiger partial charge in [0.25, 0.3) is 0 Å². The SMILES string of the molecule is CCN1C(=O)CC(C(=O)O)C1c1ccsc1. The van der Waals surface area contributed by atoms with Gasteiger partial charge in [-0.2, -0.15) is 11.3 Å². The predicted octanol–water partition coefficient (Wildman–Crippen LogP) is 1.74. The molecule has 1 aromatic heterocycles. The molecule has 0 aliphatic carbocycles. The van der Waals surface area contributed by atoms with E-state index in [4.69, 9.17) is 5.11 Å². The Balaban J connectivity index is 2.36. The van der Waals surface area contributed by atoms with Crippen LogP contribution in [0.1, 0.15) is 24.9 Å². The molecule has 0 saturated carbocycles. The van der Waals surface area contributed by atoms with Gasteiger partial charge in [-0.05, 0) is 29.3 Å². The molecule has 0 bridgehead atoms. The van der Waals surface area contributed by atoms with Gasteiger partial charge >= 0.3 is 5.97 Å². The smallest absolute Gasteiger partial charge is 0.309 e. The van der Waals surface area contributed by atoms with Crippen LogP contribution in [-0.4, -0.2) is 28.4 Å². The molecule has 1 aliphatic heterocycles. The van der Waals surface area contributed by atoms with Gasteiger partial charge in [-0.3, -0.25) is 9.59 Å². The molecule has 1 fully saturated rings. The van der Waals surface area contributed by atoms with E-state index in [1.165, 1.54) is 11.3 Å². The fourth-order valence-electron chi connectivity index (χ4n) is 2.24. The van der Waals surface area contributed by atoms with Crippen LogP contribution in [0.3, 0.4) is 0 Å². The lowest BCUT2D eigenvalue weighted by Crippen LogP contribution is -2.30. The van der Waals surface area contributed by atoms with Crippen LogP contribution in [-0.2, 0) is 9.59 Å². The molecule has 1 N–H and O–H groups in total. The van der Waals surface area contributed by atoms with Crippen molar-refractivity contribution in [3.63, 3.8) is 0 Å². The lowest BCUT2D eigenvalue weighted by atomic mass is 9.96. The number of carboxylic acids is 1. The summed E-state index contributed by atoms with van der Waals surface area (Å²) in [4.78, 5) is 24.5. The van der Waals surface area contributed by atoms with Crippen LogP contribution in [0.4, 0.5) is 0 Å². The van der Waals surface area contributed by atoms with Crippen LogP contribution in [0.2, 0.25) is 0 Å². The fourth-order valence-corrected chi connectivity index (χ4v) is 2.93. The third-order valence-electron chi connectivity index (χ3n) is 2.97. The van der Waals surface area contributed by atoms with E-state index < -0.39 is 11.9 Å². The first-order valence-electron chi connectivity index (χ1n) is 5.19. The molecule has 2 unspecified atom stereocenters. The summed E-state index contributed by atoms with van der Waals surface area (Å²) in [5.74, 6) is -1.56. The molecule has 0 spiro atoms. The van der Waals surface area contributed by atoms with Crippen LogP contribution in [0, 0.1) is 5.92 Å². The highest BCUT2D eigenvalue weighted by atomic mass is 32.1. The first kappa shape index (κ1) is 11.1. The molecule has 1 saturated heterocycles. The average molecular weight is 239 g/mol. The summed E-state index contributed by atoms with van der Waals surface area (Å²) < 4.78 is 0. The molecule has 5 heteroatoms. The van der Waals surface area contributed by atoms with Crippen LogP contribution in [0.15, 0.2) is 16.8 Å². The lowest BCUT2D eigenvalue weighted by molar-refractivity contribution is -0.142. The van der Waals surface area contributed by atoms with Gasteiger partial charge in [0.2, 0.25) is 5.91 Å². The number of aliphatic carboxylic acids is 1. The van der Waals surface area contributed by atoms with Crippen molar-refractivity contribution < 1.29 is 14.7 Å². The number of carboxylic acid groups (broad SMARTS) is 1. The first-order valence-corrected chi connectivity index (χ1v) is 6.13. The van der Waals surface area contributed by atoms with Crippen molar-refractivity contribution in [2.45, 2.75) is 19.4 Å². The topological polar surface area (TPSA) is 57.6 Å².